The number of benzene rings is 2. The zero-order chi connectivity index (χ0) is 19.8. The summed E-state index contributed by atoms with van der Waals surface area (Å²) in [5, 5.41) is 14.4. The summed E-state index contributed by atoms with van der Waals surface area (Å²) in [5.41, 5.74) is 11.0. The zero-order valence-corrected chi connectivity index (χ0v) is 15.9. The van der Waals surface area contributed by atoms with Crippen molar-refractivity contribution < 1.29 is 9.47 Å². The average Bonchev–Trinajstić information content (AvgIpc) is 3.03. The smallest absolute Gasteiger partial charge is 0.229 e. The van der Waals surface area contributed by atoms with E-state index < -0.39 is 0 Å². The van der Waals surface area contributed by atoms with Crippen LogP contribution in [0.5, 0.6) is 11.6 Å². The molecule has 0 aliphatic carbocycles. The second-order valence-electron chi connectivity index (χ2n) is 6.75. The maximum atomic E-state index is 9.76. The van der Waals surface area contributed by atoms with E-state index in [4.69, 9.17) is 15.2 Å². The van der Waals surface area contributed by atoms with Gasteiger partial charge in [0.15, 0.2) is 0 Å². The van der Waals surface area contributed by atoms with Crippen LogP contribution in [0, 0.1) is 25.2 Å². The Balaban J connectivity index is 1.94. The molecule has 1 aliphatic heterocycles. The van der Waals surface area contributed by atoms with E-state index in [1.807, 2.05) is 62.4 Å². The number of fused-ring (bicyclic) bond motifs is 1. The van der Waals surface area contributed by atoms with E-state index in [2.05, 4.69) is 11.2 Å². The van der Waals surface area contributed by atoms with Gasteiger partial charge in [-0.3, -0.25) is 0 Å². The summed E-state index contributed by atoms with van der Waals surface area (Å²) in [6.07, 6.45) is 0. The molecule has 0 unspecified atom stereocenters. The number of hydrogen-bond donors (Lipinski definition) is 1. The molecule has 1 aromatic heterocycles. The Morgan fingerprint density at radius 3 is 2.61 bits per heavy atom. The third kappa shape index (κ3) is 2.78. The Hall–Kier alpha value is -3.72. The Labute approximate surface area is 163 Å². The van der Waals surface area contributed by atoms with Crippen molar-refractivity contribution >= 4 is 0 Å². The van der Waals surface area contributed by atoms with Crippen LogP contribution in [0.2, 0.25) is 0 Å². The number of aromatic nitrogens is 2. The van der Waals surface area contributed by atoms with Gasteiger partial charge in [0, 0.05) is 0 Å². The molecule has 2 N–H and O–H groups in total. The average molecular weight is 372 g/mol. The predicted octanol–water partition coefficient (Wildman–Crippen LogP) is 3.72. The van der Waals surface area contributed by atoms with E-state index in [-0.39, 0.29) is 11.8 Å². The highest BCUT2D eigenvalue weighted by atomic mass is 16.5. The topological polar surface area (TPSA) is 86.1 Å². The maximum absolute atomic E-state index is 9.76. The van der Waals surface area contributed by atoms with Crippen LogP contribution in [-0.4, -0.2) is 16.9 Å². The van der Waals surface area contributed by atoms with E-state index >= 15 is 0 Å². The molecule has 0 amide bonds. The molecule has 0 bridgehead atoms. The monoisotopic (exact) mass is 372 g/mol. The molecule has 0 spiro atoms. The fraction of sp³-hybridized carbons (Fsp3) is 0.182. The molecule has 0 saturated carbocycles. The summed E-state index contributed by atoms with van der Waals surface area (Å²) < 4.78 is 13.0. The fourth-order valence-electron chi connectivity index (χ4n) is 3.53. The van der Waals surface area contributed by atoms with Crippen LogP contribution in [0.4, 0.5) is 0 Å². The van der Waals surface area contributed by atoms with E-state index in [0.717, 1.165) is 28.1 Å². The van der Waals surface area contributed by atoms with Crippen LogP contribution in [0.15, 0.2) is 60.0 Å². The Kier molecular flexibility index (Phi) is 4.28. The van der Waals surface area contributed by atoms with E-state index in [1.54, 1.807) is 11.8 Å². The van der Waals surface area contributed by atoms with Crippen LogP contribution < -0.4 is 15.2 Å². The normalized spacial score (nSPS) is 15.6. The first-order valence-electron chi connectivity index (χ1n) is 8.91. The van der Waals surface area contributed by atoms with Crippen molar-refractivity contribution in [3.8, 4) is 23.4 Å². The number of ether oxygens (including phenoxy) is 2. The molecular formula is C22H20N4O2. The minimum atomic E-state index is -0.372. The molecule has 2 heterocycles. The van der Waals surface area contributed by atoms with Crippen molar-refractivity contribution in [2.45, 2.75) is 19.8 Å². The molecule has 6 nitrogen and oxygen atoms in total. The number of aryl methyl sites for hydroxylation is 2. The molecule has 1 atom stereocenters. The largest absolute Gasteiger partial charge is 0.497 e. The standard InChI is InChI=1S/C22H20N4O2/c1-13-7-9-16(10-8-13)26-22-19(14(2)25-26)20(18(12-23)21(24)28-22)15-5-4-6-17(11-15)27-3/h4-11,20H,24H2,1-3H3/t20-/m1/s1. The summed E-state index contributed by atoms with van der Waals surface area (Å²) in [6, 6.07) is 17.8. The van der Waals surface area contributed by atoms with Gasteiger partial charge in [-0.25, -0.2) is 4.68 Å². The third-order valence-electron chi connectivity index (χ3n) is 4.94. The van der Waals surface area contributed by atoms with Gasteiger partial charge < -0.3 is 15.2 Å². The molecule has 140 valence electrons. The molecule has 2 aromatic carbocycles. The Bertz CT molecular complexity index is 1120. The lowest BCUT2D eigenvalue weighted by Crippen LogP contribution is -2.22. The van der Waals surface area contributed by atoms with Gasteiger partial charge in [-0.1, -0.05) is 29.8 Å². The number of nitrogens with zero attached hydrogens (tertiary/aromatic N) is 3. The molecule has 0 fully saturated rings. The molecule has 4 rings (SSSR count). The van der Waals surface area contributed by atoms with Crippen LogP contribution >= 0.6 is 0 Å². The summed E-state index contributed by atoms with van der Waals surface area (Å²) >= 11 is 0. The second-order valence-corrected chi connectivity index (χ2v) is 6.75. The van der Waals surface area contributed by atoms with Crippen molar-refractivity contribution in [1.29, 1.82) is 5.26 Å². The molecular weight excluding hydrogens is 352 g/mol. The van der Waals surface area contributed by atoms with Gasteiger partial charge in [-0.2, -0.15) is 10.4 Å². The second kappa shape index (κ2) is 6.78. The summed E-state index contributed by atoms with van der Waals surface area (Å²) in [7, 11) is 1.62. The highest BCUT2D eigenvalue weighted by Crippen LogP contribution is 2.45. The first-order valence-corrected chi connectivity index (χ1v) is 8.91. The summed E-state index contributed by atoms with van der Waals surface area (Å²) in [6.45, 7) is 3.94. The van der Waals surface area contributed by atoms with Crippen molar-refractivity contribution in [2.24, 2.45) is 5.73 Å². The lowest BCUT2D eigenvalue weighted by molar-refractivity contribution is 0.366. The van der Waals surface area contributed by atoms with E-state index in [9.17, 15) is 5.26 Å². The molecule has 1 aliphatic rings. The van der Waals surface area contributed by atoms with E-state index in [0.29, 0.717) is 17.2 Å². The quantitative estimate of drug-likeness (QED) is 0.757. The molecule has 0 saturated heterocycles. The van der Waals surface area contributed by atoms with Gasteiger partial charge in [0.25, 0.3) is 0 Å². The molecule has 6 heteroatoms. The van der Waals surface area contributed by atoms with Crippen molar-refractivity contribution in [2.75, 3.05) is 7.11 Å². The highest BCUT2D eigenvalue weighted by Gasteiger charge is 2.36. The molecule has 28 heavy (non-hydrogen) atoms. The first-order chi connectivity index (χ1) is 13.5. The minimum absolute atomic E-state index is 0.0936. The number of nitrogens with two attached hydrogens (primary N) is 1. The van der Waals surface area contributed by atoms with Gasteiger partial charge in [-0.05, 0) is 43.7 Å². The van der Waals surface area contributed by atoms with Crippen LogP contribution in [0.1, 0.15) is 28.3 Å². The number of hydrogen-bond acceptors (Lipinski definition) is 5. The van der Waals surface area contributed by atoms with Gasteiger partial charge in [0.2, 0.25) is 11.8 Å². The SMILES string of the molecule is COc1cccc([C@@H]2C(C#N)=C(N)Oc3c2c(C)nn3-c2ccc(C)cc2)c1. The highest BCUT2D eigenvalue weighted by molar-refractivity contribution is 5.57. The van der Waals surface area contributed by atoms with Gasteiger partial charge >= 0.3 is 0 Å². The van der Waals surface area contributed by atoms with Gasteiger partial charge in [0.1, 0.15) is 17.4 Å². The lowest BCUT2D eigenvalue weighted by atomic mass is 9.84. The van der Waals surface area contributed by atoms with E-state index in [1.165, 1.54) is 0 Å². The maximum Gasteiger partial charge on any atom is 0.229 e. The minimum Gasteiger partial charge on any atom is -0.497 e. The predicted molar refractivity (Wildman–Crippen MR) is 105 cm³/mol. The molecule has 3 aromatic rings. The fourth-order valence-corrected chi connectivity index (χ4v) is 3.53. The number of nitriles is 1. The lowest BCUT2D eigenvalue weighted by Gasteiger charge is -2.25. The number of methoxy groups -OCH3 is 1. The third-order valence-corrected chi connectivity index (χ3v) is 4.94. The zero-order valence-electron chi connectivity index (χ0n) is 15.9. The van der Waals surface area contributed by atoms with Crippen molar-refractivity contribution in [3.05, 3.63) is 82.4 Å². The first kappa shape index (κ1) is 17.7. The van der Waals surface area contributed by atoms with Crippen LogP contribution in [0.25, 0.3) is 5.69 Å². The van der Waals surface area contributed by atoms with Crippen LogP contribution in [0.3, 0.4) is 0 Å². The summed E-state index contributed by atoms with van der Waals surface area (Å²) in [5.74, 6) is 0.967. The van der Waals surface area contributed by atoms with Gasteiger partial charge in [0.05, 0.1) is 30.0 Å². The Morgan fingerprint density at radius 1 is 1.18 bits per heavy atom. The van der Waals surface area contributed by atoms with Crippen LogP contribution in [-0.2, 0) is 0 Å². The van der Waals surface area contributed by atoms with Crippen molar-refractivity contribution in [1.82, 2.24) is 9.78 Å². The Morgan fingerprint density at radius 2 is 1.93 bits per heavy atom. The van der Waals surface area contributed by atoms with Gasteiger partial charge in [-0.15, -0.1) is 0 Å². The molecule has 0 radical (unpaired) electrons. The number of allylic oxidation sites excluding steroid dienone is 1. The van der Waals surface area contributed by atoms with Crippen molar-refractivity contribution in [3.63, 3.8) is 0 Å². The summed E-state index contributed by atoms with van der Waals surface area (Å²) in [4.78, 5) is 0. The number of rotatable bonds is 3.